The highest BCUT2D eigenvalue weighted by Gasteiger charge is 2.01. The first-order chi connectivity index (χ1) is 7.29. The second kappa shape index (κ2) is 4.67. The van der Waals surface area contributed by atoms with E-state index in [1.165, 1.54) is 0 Å². The van der Waals surface area contributed by atoms with Gasteiger partial charge in [-0.1, -0.05) is 12.1 Å². The van der Waals surface area contributed by atoms with Crippen LogP contribution in [0.5, 0.6) is 5.75 Å². The van der Waals surface area contributed by atoms with E-state index in [0.717, 1.165) is 10.9 Å². The molecule has 1 aromatic heterocycles. The van der Waals surface area contributed by atoms with Crippen molar-refractivity contribution in [2.45, 2.75) is 0 Å². The van der Waals surface area contributed by atoms with Crippen LogP contribution in [0.15, 0.2) is 30.5 Å². The third-order valence-electron chi connectivity index (χ3n) is 1.88. The van der Waals surface area contributed by atoms with Gasteiger partial charge in [0.25, 0.3) is 0 Å². The van der Waals surface area contributed by atoms with Gasteiger partial charge in [-0.25, -0.2) is 4.57 Å². The quantitative estimate of drug-likeness (QED) is 0.517. The zero-order valence-corrected chi connectivity index (χ0v) is 9.37. The molecule has 0 radical (unpaired) electrons. The Hall–Kier alpha value is -1.33. The average Bonchev–Trinajstić information content (AvgIpc) is 2.41. The number of aryl methyl sites for hydroxylation is 1. The third-order valence-corrected chi connectivity index (χ3v) is 1.88. The Labute approximate surface area is 91.6 Å². The number of rotatable bonds is 0. The summed E-state index contributed by atoms with van der Waals surface area (Å²) < 4.78 is 10.8. The minimum atomic E-state index is -4.64. The van der Waals surface area contributed by atoms with Gasteiger partial charge < -0.3 is 24.4 Å². The highest BCUT2D eigenvalue weighted by atomic mass is 31.2. The van der Waals surface area contributed by atoms with Crippen molar-refractivity contribution in [1.82, 2.24) is 4.57 Å². The van der Waals surface area contributed by atoms with Gasteiger partial charge in [0.05, 0.1) is 5.52 Å². The number of fused-ring (bicyclic) bond motifs is 1. The molecule has 16 heavy (non-hydrogen) atoms. The second-order valence-corrected chi connectivity index (χ2v) is 4.18. The molecule has 0 spiro atoms. The van der Waals surface area contributed by atoms with E-state index in [1.54, 1.807) is 6.20 Å². The monoisotopic (exact) mass is 245 g/mol. The fourth-order valence-corrected chi connectivity index (χ4v) is 1.32. The van der Waals surface area contributed by atoms with Crippen molar-refractivity contribution in [3.8, 4) is 5.75 Å². The standard InChI is InChI=1S/C9H9NO.H3O4P/c1-10-6-9(11)7-4-2-3-5-8(7)10;1-5(2,3)4/h2-6,11H,1H3;(H3,1,2,3,4). The number of nitrogens with zero attached hydrogens (tertiary/aromatic N) is 1. The molecule has 1 heterocycles. The maximum Gasteiger partial charge on any atom is 0.466 e. The fourth-order valence-electron chi connectivity index (χ4n) is 1.32. The summed E-state index contributed by atoms with van der Waals surface area (Å²) in [5.41, 5.74) is 1.06. The lowest BCUT2D eigenvalue weighted by molar-refractivity contribution is 0.275. The van der Waals surface area contributed by atoms with Crippen molar-refractivity contribution in [3.63, 3.8) is 0 Å². The van der Waals surface area contributed by atoms with Crippen LogP contribution in [0.1, 0.15) is 0 Å². The zero-order valence-electron chi connectivity index (χ0n) is 8.48. The molecule has 0 bridgehead atoms. The highest BCUT2D eigenvalue weighted by molar-refractivity contribution is 7.45. The van der Waals surface area contributed by atoms with Crippen LogP contribution in [0.4, 0.5) is 0 Å². The minimum absolute atomic E-state index is 0.350. The molecule has 0 aliphatic heterocycles. The predicted octanol–water partition coefficient (Wildman–Crippen LogP) is 0.955. The van der Waals surface area contributed by atoms with Gasteiger partial charge in [0.15, 0.2) is 0 Å². The Morgan fingerprint density at radius 2 is 1.69 bits per heavy atom. The van der Waals surface area contributed by atoms with Crippen LogP contribution in [0.25, 0.3) is 10.9 Å². The topological polar surface area (TPSA) is 103 Å². The number of para-hydroxylation sites is 1. The molecule has 0 saturated carbocycles. The highest BCUT2D eigenvalue weighted by Crippen LogP contribution is 2.26. The number of hydrogen-bond acceptors (Lipinski definition) is 2. The molecule has 6 nitrogen and oxygen atoms in total. The molecule has 0 atom stereocenters. The van der Waals surface area contributed by atoms with E-state index in [2.05, 4.69) is 0 Å². The van der Waals surface area contributed by atoms with E-state index >= 15 is 0 Å². The summed E-state index contributed by atoms with van der Waals surface area (Å²) in [5.74, 6) is 0.350. The first-order valence-electron chi connectivity index (χ1n) is 4.30. The van der Waals surface area contributed by atoms with Crippen molar-refractivity contribution in [1.29, 1.82) is 0 Å². The summed E-state index contributed by atoms with van der Waals surface area (Å²) in [6.45, 7) is 0. The summed E-state index contributed by atoms with van der Waals surface area (Å²) in [7, 11) is -2.72. The molecule has 2 rings (SSSR count). The van der Waals surface area contributed by atoms with Crippen molar-refractivity contribution >= 4 is 18.7 Å². The largest absolute Gasteiger partial charge is 0.506 e. The Kier molecular flexibility index (Phi) is 3.72. The summed E-state index contributed by atoms with van der Waals surface area (Å²) >= 11 is 0. The number of hydrogen-bond donors (Lipinski definition) is 4. The Morgan fingerprint density at radius 3 is 2.19 bits per heavy atom. The van der Waals surface area contributed by atoms with Gasteiger partial charge >= 0.3 is 7.82 Å². The maximum absolute atomic E-state index is 9.37. The molecule has 0 aliphatic rings. The van der Waals surface area contributed by atoms with Crippen molar-refractivity contribution in [2.24, 2.45) is 7.05 Å². The molecule has 1 aromatic carbocycles. The van der Waals surface area contributed by atoms with Gasteiger partial charge in [-0.05, 0) is 12.1 Å². The Morgan fingerprint density at radius 1 is 1.19 bits per heavy atom. The summed E-state index contributed by atoms with van der Waals surface area (Å²) in [4.78, 5) is 21.6. The van der Waals surface area contributed by atoms with Crippen LogP contribution >= 0.6 is 7.82 Å². The maximum atomic E-state index is 9.37. The van der Waals surface area contributed by atoms with Gasteiger partial charge in [-0.2, -0.15) is 0 Å². The SMILES string of the molecule is Cn1cc(O)c2ccccc21.O=P(O)(O)O. The Bertz CT molecular complexity index is 485. The van der Waals surface area contributed by atoms with Crippen LogP contribution < -0.4 is 0 Å². The number of phosphoric acid groups is 1. The van der Waals surface area contributed by atoms with Crippen LogP contribution in [0, 0.1) is 0 Å². The minimum Gasteiger partial charge on any atom is -0.506 e. The van der Waals surface area contributed by atoms with Crippen LogP contribution in [-0.4, -0.2) is 24.4 Å². The van der Waals surface area contributed by atoms with Gasteiger partial charge in [0.2, 0.25) is 0 Å². The number of aromatic hydroxyl groups is 1. The molecule has 0 unspecified atom stereocenters. The number of benzene rings is 1. The summed E-state index contributed by atoms with van der Waals surface area (Å²) in [6.07, 6.45) is 1.71. The van der Waals surface area contributed by atoms with Gasteiger partial charge in [0.1, 0.15) is 5.75 Å². The normalized spacial score (nSPS) is 11.0. The van der Waals surface area contributed by atoms with Crippen LogP contribution in [0.2, 0.25) is 0 Å². The third kappa shape index (κ3) is 3.67. The van der Waals surface area contributed by atoms with E-state index in [0.29, 0.717) is 5.75 Å². The van der Waals surface area contributed by atoms with Crippen molar-refractivity contribution in [2.75, 3.05) is 0 Å². The predicted molar refractivity (Wildman–Crippen MR) is 58.8 cm³/mol. The lowest BCUT2D eigenvalue weighted by atomic mass is 10.2. The zero-order chi connectivity index (χ0) is 12.3. The lowest BCUT2D eigenvalue weighted by Crippen LogP contribution is -1.81. The molecule has 0 aliphatic carbocycles. The molecular formula is C9H12NO5P. The number of aromatic nitrogens is 1. The second-order valence-electron chi connectivity index (χ2n) is 3.16. The lowest BCUT2D eigenvalue weighted by Gasteiger charge is -1.91. The fraction of sp³-hybridized carbons (Fsp3) is 0.111. The first-order valence-corrected chi connectivity index (χ1v) is 5.87. The van der Waals surface area contributed by atoms with Gasteiger partial charge in [0, 0.05) is 18.6 Å². The van der Waals surface area contributed by atoms with Crippen LogP contribution in [-0.2, 0) is 11.6 Å². The molecule has 2 aromatic rings. The molecule has 0 amide bonds. The van der Waals surface area contributed by atoms with Gasteiger partial charge in [-0.3, -0.25) is 0 Å². The molecule has 4 N–H and O–H groups in total. The van der Waals surface area contributed by atoms with E-state index in [9.17, 15) is 5.11 Å². The molecular weight excluding hydrogens is 233 g/mol. The van der Waals surface area contributed by atoms with Crippen molar-refractivity contribution < 1.29 is 24.4 Å². The van der Waals surface area contributed by atoms with Crippen molar-refractivity contribution in [3.05, 3.63) is 30.5 Å². The smallest absolute Gasteiger partial charge is 0.466 e. The van der Waals surface area contributed by atoms with E-state index in [1.807, 2.05) is 35.9 Å². The van der Waals surface area contributed by atoms with E-state index in [-0.39, 0.29) is 0 Å². The van der Waals surface area contributed by atoms with Gasteiger partial charge in [-0.15, -0.1) is 0 Å². The molecule has 7 heteroatoms. The molecule has 0 saturated heterocycles. The van der Waals surface area contributed by atoms with E-state index < -0.39 is 7.82 Å². The molecule has 88 valence electrons. The average molecular weight is 245 g/mol. The summed E-state index contributed by atoms with van der Waals surface area (Å²) in [5, 5.41) is 10.3. The van der Waals surface area contributed by atoms with E-state index in [4.69, 9.17) is 19.2 Å². The first kappa shape index (κ1) is 12.7. The Balaban J connectivity index is 0.000000221. The van der Waals surface area contributed by atoms with Crippen LogP contribution in [0.3, 0.4) is 0 Å². The molecule has 0 fully saturated rings. The summed E-state index contributed by atoms with van der Waals surface area (Å²) in [6, 6.07) is 7.77.